The third-order valence-electron chi connectivity index (χ3n) is 7.29. The number of aldehydes is 1. The number of nitrogens with zero attached hydrogens (tertiary/aromatic N) is 2. The molecule has 3 heterocycles. The van der Waals surface area contributed by atoms with Crippen LogP contribution in [0.4, 0.5) is 0 Å². The van der Waals surface area contributed by atoms with Crippen molar-refractivity contribution in [1.82, 2.24) is 10.1 Å². The van der Waals surface area contributed by atoms with Gasteiger partial charge in [0, 0.05) is 17.5 Å². The molecule has 38 heavy (non-hydrogen) atoms. The van der Waals surface area contributed by atoms with Gasteiger partial charge in [-0.3, -0.25) is 4.90 Å². The number of aliphatic hydroxyl groups is 1. The zero-order valence-corrected chi connectivity index (χ0v) is 21.2. The van der Waals surface area contributed by atoms with Gasteiger partial charge in [0.15, 0.2) is 0 Å². The van der Waals surface area contributed by atoms with Crippen LogP contribution in [0.25, 0.3) is 11.0 Å². The predicted octanol–water partition coefficient (Wildman–Crippen LogP) is 5.84. The lowest BCUT2D eigenvalue weighted by atomic mass is 9.93. The van der Waals surface area contributed by atoms with E-state index in [0.29, 0.717) is 41.5 Å². The number of carbonyl (C=O) groups excluding carboxylic acids is 1. The Morgan fingerprint density at radius 2 is 1.82 bits per heavy atom. The standard InChI is InChI=1S/C31H28N2O5/c1-19-29(20(2)38-32-19)31(35)28-17-23-16-22(12-13-26(23)37-28)25(18-34)33-14-15-36-27-11-7-6-10-24(27)30(33)21-8-4-3-5-9-21/h3-13,16-18,25,30-31,35H,14-15H2,1-2H3. The quantitative estimate of drug-likeness (QED) is 0.288. The summed E-state index contributed by atoms with van der Waals surface area (Å²) in [4.78, 5) is 14.9. The van der Waals surface area contributed by atoms with Crippen molar-refractivity contribution in [2.75, 3.05) is 13.2 Å². The Hall–Kier alpha value is -4.20. The maximum Gasteiger partial charge on any atom is 0.142 e. The molecule has 0 saturated heterocycles. The van der Waals surface area contributed by atoms with Gasteiger partial charge in [-0.25, -0.2) is 0 Å². The van der Waals surface area contributed by atoms with Crippen LogP contribution in [0.2, 0.25) is 0 Å². The molecule has 0 fully saturated rings. The van der Waals surface area contributed by atoms with Crippen molar-refractivity contribution in [3.63, 3.8) is 0 Å². The van der Waals surface area contributed by atoms with E-state index in [1.165, 1.54) is 0 Å². The molecule has 1 aliphatic heterocycles. The Bertz CT molecular complexity index is 1570. The van der Waals surface area contributed by atoms with Crippen molar-refractivity contribution < 1.29 is 23.6 Å². The number of ether oxygens (including phenoxy) is 1. The first-order valence-corrected chi connectivity index (χ1v) is 12.7. The molecule has 0 aliphatic carbocycles. The number of fused-ring (bicyclic) bond motifs is 2. The van der Waals surface area contributed by atoms with Crippen molar-refractivity contribution in [2.45, 2.75) is 32.0 Å². The number of para-hydroxylation sites is 1. The van der Waals surface area contributed by atoms with Gasteiger partial charge in [-0.1, -0.05) is 59.8 Å². The SMILES string of the molecule is Cc1noc(C)c1C(O)c1cc2cc(C(C=O)N3CCOc4ccccc4C3c3ccccc3)ccc2o1. The van der Waals surface area contributed by atoms with Crippen LogP contribution < -0.4 is 4.74 Å². The van der Waals surface area contributed by atoms with Crippen LogP contribution in [0.1, 0.15) is 57.7 Å². The van der Waals surface area contributed by atoms with Crippen molar-refractivity contribution in [3.8, 4) is 5.75 Å². The van der Waals surface area contributed by atoms with Crippen LogP contribution in [0, 0.1) is 13.8 Å². The highest BCUT2D eigenvalue weighted by Crippen LogP contribution is 2.41. The molecule has 3 aromatic carbocycles. The maximum atomic E-state index is 12.7. The highest BCUT2D eigenvalue weighted by atomic mass is 16.5. The number of aryl methyl sites for hydroxylation is 2. The number of hydrogen-bond acceptors (Lipinski definition) is 7. The summed E-state index contributed by atoms with van der Waals surface area (Å²) in [5.41, 5.74) is 4.80. The Morgan fingerprint density at radius 1 is 1.03 bits per heavy atom. The lowest BCUT2D eigenvalue weighted by Gasteiger charge is -2.34. The average molecular weight is 509 g/mol. The number of furan rings is 1. The minimum absolute atomic E-state index is 0.165. The van der Waals surface area contributed by atoms with Gasteiger partial charge in [0.1, 0.15) is 41.9 Å². The monoisotopic (exact) mass is 508 g/mol. The molecule has 7 heteroatoms. The molecule has 3 atom stereocenters. The topological polar surface area (TPSA) is 88.9 Å². The molecule has 192 valence electrons. The molecule has 0 bridgehead atoms. The van der Waals surface area contributed by atoms with Gasteiger partial charge in [-0.05, 0) is 49.2 Å². The second-order valence-corrected chi connectivity index (χ2v) is 9.60. The summed E-state index contributed by atoms with van der Waals surface area (Å²) in [5, 5.41) is 15.7. The first kappa shape index (κ1) is 24.2. The van der Waals surface area contributed by atoms with Crippen molar-refractivity contribution in [1.29, 1.82) is 0 Å². The first-order chi connectivity index (χ1) is 18.5. The second-order valence-electron chi connectivity index (χ2n) is 9.60. The molecular weight excluding hydrogens is 480 g/mol. The average Bonchev–Trinajstić information content (AvgIpc) is 3.46. The Balaban J connectivity index is 1.40. The summed E-state index contributed by atoms with van der Waals surface area (Å²) in [6.07, 6.45) is -0.00855. The maximum absolute atomic E-state index is 12.7. The predicted molar refractivity (Wildman–Crippen MR) is 142 cm³/mol. The van der Waals surface area contributed by atoms with Gasteiger partial charge in [0.2, 0.25) is 0 Å². The lowest BCUT2D eigenvalue weighted by Crippen LogP contribution is -2.35. The van der Waals surface area contributed by atoms with Crippen LogP contribution in [0.5, 0.6) is 5.75 Å². The fourth-order valence-electron chi connectivity index (χ4n) is 5.48. The van der Waals surface area contributed by atoms with E-state index in [9.17, 15) is 9.90 Å². The van der Waals surface area contributed by atoms with Crippen molar-refractivity contribution in [3.05, 3.63) is 118 Å². The molecule has 0 radical (unpaired) electrons. The van der Waals surface area contributed by atoms with E-state index < -0.39 is 12.1 Å². The van der Waals surface area contributed by atoms with Gasteiger partial charge in [-0.2, -0.15) is 0 Å². The zero-order valence-electron chi connectivity index (χ0n) is 21.2. The summed E-state index contributed by atoms with van der Waals surface area (Å²) in [7, 11) is 0. The molecule has 1 aliphatic rings. The van der Waals surface area contributed by atoms with E-state index >= 15 is 0 Å². The van der Waals surface area contributed by atoms with E-state index in [1.54, 1.807) is 13.8 Å². The van der Waals surface area contributed by atoms with Crippen LogP contribution in [0.3, 0.4) is 0 Å². The summed E-state index contributed by atoms with van der Waals surface area (Å²) in [6, 6.07) is 25.1. The van der Waals surface area contributed by atoms with E-state index in [-0.39, 0.29) is 6.04 Å². The van der Waals surface area contributed by atoms with E-state index in [0.717, 1.165) is 34.1 Å². The fraction of sp³-hybridized carbons (Fsp3) is 0.226. The number of benzene rings is 3. The normalized spacial score (nSPS) is 17.4. The van der Waals surface area contributed by atoms with Crippen LogP contribution >= 0.6 is 0 Å². The smallest absolute Gasteiger partial charge is 0.142 e. The van der Waals surface area contributed by atoms with E-state index in [1.807, 2.05) is 60.7 Å². The second kappa shape index (κ2) is 9.93. The summed E-state index contributed by atoms with van der Waals surface area (Å²) in [6.45, 7) is 4.58. The van der Waals surface area contributed by atoms with Crippen LogP contribution in [0.15, 0.2) is 87.8 Å². The largest absolute Gasteiger partial charge is 0.492 e. The third-order valence-corrected chi connectivity index (χ3v) is 7.29. The number of aliphatic hydroxyl groups excluding tert-OH is 1. The van der Waals surface area contributed by atoms with Crippen LogP contribution in [-0.2, 0) is 4.79 Å². The molecule has 2 aromatic heterocycles. The minimum atomic E-state index is -0.999. The van der Waals surface area contributed by atoms with Crippen molar-refractivity contribution in [2.24, 2.45) is 0 Å². The zero-order chi connectivity index (χ0) is 26.2. The van der Waals surface area contributed by atoms with Gasteiger partial charge < -0.3 is 23.6 Å². The van der Waals surface area contributed by atoms with E-state index in [4.69, 9.17) is 13.7 Å². The highest BCUT2D eigenvalue weighted by Gasteiger charge is 2.34. The molecule has 0 saturated carbocycles. The Kier molecular flexibility index (Phi) is 6.31. The minimum Gasteiger partial charge on any atom is -0.492 e. The molecule has 1 N–H and O–H groups in total. The van der Waals surface area contributed by atoms with E-state index in [2.05, 4.69) is 28.3 Å². The highest BCUT2D eigenvalue weighted by molar-refractivity contribution is 5.80. The Labute approximate surface area is 220 Å². The van der Waals surface area contributed by atoms with Gasteiger partial charge >= 0.3 is 0 Å². The Morgan fingerprint density at radius 3 is 2.58 bits per heavy atom. The molecule has 5 aromatic rings. The number of carbonyl (C=O) groups is 1. The summed E-state index contributed by atoms with van der Waals surface area (Å²) < 4.78 is 17.3. The number of hydrogen-bond donors (Lipinski definition) is 1. The molecule has 0 spiro atoms. The van der Waals surface area contributed by atoms with Crippen LogP contribution in [-0.4, -0.2) is 34.6 Å². The molecule has 3 unspecified atom stereocenters. The summed E-state index contributed by atoms with van der Waals surface area (Å²) in [5.74, 6) is 1.78. The lowest BCUT2D eigenvalue weighted by molar-refractivity contribution is -0.113. The van der Waals surface area contributed by atoms with Gasteiger partial charge in [0.25, 0.3) is 0 Å². The third kappa shape index (κ3) is 4.20. The summed E-state index contributed by atoms with van der Waals surface area (Å²) >= 11 is 0. The van der Waals surface area contributed by atoms with Gasteiger partial charge in [0.05, 0.1) is 23.3 Å². The van der Waals surface area contributed by atoms with Gasteiger partial charge in [-0.15, -0.1) is 0 Å². The van der Waals surface area contributed by atoms with Crippen molar-refractivity contribution >= 4 is 17.3 Å². The first-order valence-electron chi connectivity index (χ1n) is 12.7. The number of aromatic nitrogens is 1. The number of rotatable bonds is 6. The molecule has 6 rings (SSSR count). The molecule has 0 amide bonds. The molecular formula is C31H28N2O5. The molecule has 7 nitrogen and oxygen atoms in total. The fourth-order valence-corrected chi connectivity index (χ4v) is 5.48.